The van der Waals surface area contributed by atoms with Gasteiger partial charge in [-0.25, -0.2) is 15.0 Å². The normalized spacial score (nSPS) is 12.3. The molecule has 0 saturated heterocycles. The van der Waals surface area contributed by atoms with E-state index < -0.39 is 8.56 Å². The molecule has 0 spiro atoms. The Bertz CT molecular complexity index is 2820. The van der Waals surface area contributed by atoms with Gasteiger partial charge >= 0.3 is 8.56 Å². The van der Waals surface area contributed by atoms with Crippen LogP contribution in [0.4, 0.5) is 0 Å². The van der Waals surface area contributed by atoms with Crippen molar-refractivity contribution < 1.29 is 0 Å². The first-order valence-corrected chi connectivity index (χ1v) is 20.2. The average molecular weight is 711 g/mol. The van der Waals surface area contributed by atoms with Crippen LogP contribution in [-0.4, -0.2) is 36.2 Å². The van der Waals surface area contributed by atoms with E-state index in [0.29, 0.717) is 17.5 Å². The number of para-hydroxylation sites is 6. The number of nitrogens with zero attached hydrogens (tertiary/aromatic N) is 6. The zero-order chi connectivity index (χ0) is 36.0. The Hall–Kier alpha value is -6.83. The monoisotopic (exact) mass is 710 g/mol. The molecule has 6 nitrogen and oxygen atoms in total. The molecule has 4 heterocycles. The zero-order valence-corrected chi connectivity index (χ0v) is 30.8. The molecule has 0 atom stereocenters. The molecule has 0 radical (unpaired) electrons. The van der Waals surface area contributed by atoms with Gasteiger partial charge in [0.05, 0.1) is 0 Å². The molecule has 0 aliphatic carbocycles. The van der Waals surface area contributed by atoms with Gasteiger partial charge in [0.2, 0.25) is 0 Å². The molecule has 7 aromatic carbocycles. The minimum atomic E-state index is -3.64. The minimum Gasteiger partial charge on any atom is -0.328 e. The molecule has 11 aromatic rings. The fourth-order valence-corrected chi connectivity index (χ4v) is 14.3. The maximum Gasteiger partial charge on any atom is 0.428 e. The van der Waals surface area contributed by atoms with Crippen LogP contribution < -0.4 is 5.19 Å². The summed E-state index contributed by atoms with van der Waals surface area (Å²) < 4.78 is 8.16. The highest BCUT2D eigenvalue weighted by Gasteiger charge is 2.50. The molecule has 54 heavy (non-hydrogen) atoms. The van der Waals surface area contributed by atoms with Crippen molar-refractivity contribution in [2.24, 2.45) is 0 Å². The van der Waals surface area contributed by atoms with Crippen LogP contribution in [0.2, 0.25) is 0 Å². The first-order valence-electron chi connectivity index (χ1n) is 18.4. The van der Waals surface area contributed by atoms with Crippen molar-refractivity contribution in [3.05, 3.63) is 182 Å². The third-order valence-corrected chi connectivity index (χ3v) is 15.4. The van der Waals surface area contributed by atoms with Gasteiger partial charge in [0.1, 0.15) is 11.6 Å². The quantitative estimate of drug-likeness (QED) is 0.167. The summed E-state index contributed by atoms with van der Waals surface area (Å²) in [5.41, 5.74) is 8.08. The van der Waals surface area contributed by atoms with Gasteiger partial charge in [0, 0.05) is 76.2 Å². The van der Waals surface area contributed by atoms with Crippen LogP contribution in [0.3, 0.4) is 0 Å². The maximum atomic E-state index is 4.89. The van der Waals surface area contributed by atoms with Gasteiger partial charge in [0.25, 0.3) is 0 Å². The summed E-state index contributed by atoms with van der Waals surface area (Å²) in [5.74, 6) is 2.09. The lowest BCUT2D eigenvalue weighted by Crippen LogP contribution is -2.66. The fraction of sp³-hybridized carbons (Fsp3) is 0.0426. The number of aryl methyl sites for hydroxylation is 2. The number of hydrogen-bond donors (Lipinski definition) is 0. The number of rotatable bonds is 5. The van der Waals surface area contributed by atoms with Gasteiger partial charge in [-0.05, 0) is 56.3 Å². The lowest BCUT2D eigenvalue weighted by atomic mass is 10.2. The number of fused-ring (bicyclic) bond motifs is 9. The first kappa shape index (κ1) is 30.8. The molecular weight excluding hydrogens is 677 g/mol. The molecule has 7 heteroatoms. The summed E-state index contributed by atoms with van der Waals surface area (Å²) >= 11 is 0. The smallest absolute Gasteiger partial charge is 0.328 e. The molecule has 0 amide bonds. The lowest BCUT2D eigenvalue weighted by molar-refractivity contribution is 0.928. The van der Waals surface area contributed by atoms with E-state index in [1.165, 1.54) is 70.6 Å². The van der Waals surface area contributed by atoms with Crippen LogP contribution in [0, 0.1) is 13.8 Å². The van der Waals surface area contributed by atoms with Crippen molar-refractivity contribution in [1.29, 1.82) is 0 Å². The molecule has 0 bridgehead atoms. The Morgan fingerprint density at radius 2 is 0.667 bits per heavy atom. The SMILES string of the molecule is Cc1nc(C)nc(-c2cccc([Si](n3c4ccccc4c4ccccc43)(n3c4ccccc4c4ccccc43)n3c4ccccc4c4ccccc43)c2)n1. The molecule has 0 saturated carbocycles. The lowest BCUT2D eigenvalue weighted by Gasteiger charge is -2.39. The molecule has 0 aliphatic heterocycles. The highest BCUT2D eigenvalue weighted by Crippen LogP contribution is 2.41. The summed E-state index contributed by atoms with van der Waals surface area (Å²) in [6.07, 6.45) is 0. The second kappa shape index (κ2) is 11.6. The summed E-state index contributed by atoms with van der Waals surface area (Å²) in [6, 6.07) is 62.6. The Morgan fingerprint density at radius 1 is 0.352 bits per heavy atom. The van der Waals surface area contributed by atoms with Crippen LogP contribution in [0.5, 0.6) is 0 Å². The van der Waals surface area contributed by atoms with Gasteiger partial charge < -0.3 is 12.7 Å². The summed E-state index contributed by atoms with van der Waals surface area (Å²) in [7, 11) is -3.64. The van der Waals surface area contributed by atoms with Crippen LogP contribution in [-0.2, 0) is 0 Å². The third-order valence-electron chi connectivity index (χ3n) is 11.0. The Morgan fingerprint density at radius 3 is 1.00 bits per heavy atom. The molecule has 0 aliphatic rings. The van der Waals surface area contributed by atoms with Crippen molar-refractivity contribution in [3.8, 4) is 11.4 Å². The van der Waals surface area contributed by atoms with E-state index in [2.05, 4.69) is 188 Å². The zero-order valence-electron chi connectivity index (χ0n) is 29.8. The maximum absolute atomic E-state index is 4.89. The summed E-state index contributed by atoms with van der Waals surface area (Å²) in [4.78, 5) is 14.3. The van der Waals surface area contributed by atoms with Crippen LogP contribution >= 0.6 is 0 Å². The predicted octanol–water partition coefficient (Wildman–Crippen LogP) is 10.3. The van der Waals surface area contributed by atoms with E-state index in [9.17, 15) is 0 Å². The topological polar surface area (TPSA) is 53.5 Å². The second-order valence-corrected chi connectivity index (χ2v) is 17.3. The van der Waals surface area contributed by atoms with Gasteiger partial charge in [0.15, 0.2) is 5.82 Å². The summed E-state index contributed by atoms with van der Waals surface area (Å²) in [6.45, 7) is 3.88. The molecule has 256 valence electrons. The van der Waals surface area contributed by atoms with Crippen LogP contribution in [0.15, 0.2) is 170 Å². The Kier molecular flexibility index (Phi) is 6.60. The van der Waals surface area contributed by atoms with E-state index in [4.69, 9.17) is 9.97 Å². The molecule has 0 fully saturated rings. The molecule has 0 N–H and O–H groups in total. The van der Waals surface area contributed by atoms with E-state index in [-0.39, 0.29) is 0 Å². The minimum absolute atomic E-state index is 0.677. The third kappa shape index (κ3) is 4.18. The van der Waals surface area contributed by atoms with E-state index in [1.54, 1.807) is 0 Å². The van der Waals surface area contributed by atoms with Crippen molar-refractivity contribution in [3.63, 3.8) is 0 Å². The fourth-order valence-electron chi connectivity index (χ4n) is 9.07. The Labute approximate surface area is 312 Å². The largest absolute Gasteiger partial charge is 0.428 e. The standard InChI is InChI=1S/C47H34N6Si/c1-31-48-32(2)50-47(49-31)33-16-15-17-34(30-33)54(51-41-24-9-3-18-35(41)36-19-4-10-25-42(36)51,52-43-26-11-5-20-37(43)38-21-6-12-27-44(38)52)53-45-28-13-7-22-39(45)40-23-8-14-29-46(40)53/h3-30H,1-2H3. The van der Waals surface area contributed by atoms with Gasteiger partial charge in [-0.2, -0.15) is 0 Å². The number of aromatic nitrogens is 6. The molecule has 0 unspecified atom stereocenters. The summed E-state index contributed by atoms with van der Waals surface area (Å²) in [5, 5.41) is 8.56. The first-order chi connectivity index (χ1) is 26.6. The van der Waals surface area contributed by atoms with Crippen molar-refractivity contribution in [2.75, 3.05) is 0 Å². The number of benzene rings is 7. The molecule has 11 rings (SSSR count). The van der Waals surface area contributed by atoms with Crippen LogP contribution in [0.25, 0.3) is 76.8 Å². The molecular formula is C47H34N6Si. The van der Waals surface area contributed by atoms with Gasteiger partial charge in [-0.3, -0.25) is 0 Å². The van der Waals surface area contributed by atoms with Gasteiger partial charge in [-0.15, -0.1) is 0 Å². The Balaban J connectivity index is 1.47. The van der Waals surface area contributed by atoms with Gasteiger partial charge in [-0.1, -0.05) is 127 Å². The van der Waals surface area contributed by atoms with Crippen molar-refractivity contribution >= 4 is 79.2 Å². The highest BCUT2D eigenvalue weighted by molar-refractivity contribution is 6.91. The second-order valence-electron chi connectivity index (χ2n) is 14.1. The van der Waals surface area contributed by atoms with Crippen LogP contribution in [0.1, 0.15) is 11.6 Å². The van der Waals surface area contributed by atoms with Crippen molar-refractivity contribution in [2.45, 2.75) is 13.8 Å². The number of hydrogen-bond acceptors (Lipinski definition) is 3. The highest BCUT2D eigenvalue weighted by atomic mass is 28.4. The van der Waals surface area contributed by atoms with E-state index in [0.717, 1.165) is 5.56 Å². The predicted molar refractivity (Wildman–Crippen MR) is 225 cm³/mol. The van der Waals surface area contributed by atoms with Crippen molar-refractivity contribution in [1.82, 2.24) is 27.6 Å². The van der Waals surface area contributed by atoms with E-state index in [1.807, 2.05) is 13.8 Å². The average Bonchev–Trinajstić information content (AvgIpc) is 3.86. The molecule has 4 aromatic heterocycles. The van der Waals surface area contributed by atoms with E-state index >= 15 is 0 Å².